The molecule has 0 aromatic carbocycles. The fourth-order valence-corrected chi connectivity index (χ4v) is 1.93. The van der Waals surface area contributed by atoms with Crippen molar-refractivity contribution in [2.45, 2.75) is 39.5 Å². The maximum absolute atomic E-state index is 4.33. The first-order valence-corrected chi connectivity index (χ1v) is 5.88. The molecule has 0 saturated heterocycles. The molecule has 0 saturated carbocycles. The average Bonchev–Trinajstić information content (AvgIpc) is 2.74. The van der Waals surface area contributed by atoms with Gasteiger partial charge in [0.2, 0.25) is 0 Å². The Morgan fingerprint density at radius 1 is 1.40 bits per heavy atom. The minimum Gasteiger partial charge on any atom is -0.369 e. The van der Waals surface area contributed by atoms with Crippen molar-refractivity contribution in [3.8, 4) is 0 Å². The first-order valence-electron chi connectivity index (χ1n) is 5.88. The summed E-state index contributed by atoms with van der Waals surface area (Å²) in [5.41, 5.74) is 2.59. The minimum atomic E-state index is 0.706. The number of anilines is 1. The van der Waals surface area contributed by atoms with Gasteiger partial charge in [-0.05, 0) is 25.2 Å². The Morgan fingerprint density at radius 2 is 2.27 bits per heavy atom. The first-order chi connectivity index (χ1) is 7.31. The van der Waals surface area contributed by atoms with Crippen molar-refractivity contribution in [3.63, 3.8) is 0 Å². The van der Waals surface area contributed by atoms with Crippen LogP contribution in [0.25, 0.3) is 0 Å². The molecule has 0 spiro atoms. The first kappa shape index (κ1) is 10.4. The van der Waals surface area contributed by atoms with E-state index < -0.39 is 0 Å². The molecule has 3 nitrogen and oxygen atoms in total. The van der Waals surface area contributed by atoms with Crippen molar-refractivity contribution in [1.29, 1.82) is 0 Å². The fraction of sp³-hybridized carbons (Fsp3) is 0.667. The van der Waals surface area contributed by atoms with E-state index in [-0.39, 0.29) is 0 Å². The SMILES string of the molecule is CCC(C)CNc1ncnc2c1CCC2. The molecule has 1 aromatic rings. The molecule has 3 heteroatoms. The predicted molar refractivity (Wildman–Crippen MR) is 62.0 cm³/mol. The van der Waals surface area contributed by atoms with Gasteiger partial charge in [-0.2, -0.15) is 0 Å². The van der Waals surface area contributed by atoms with Gasteiger partial charge in [-0.15, -0.1) is 0 Å². The van der Waals surface area contributed by atoms with Gasteiger partial charge in [-0.25, -0.2) is 9.97 Å². The van der Waals surface area contributed by atoms with Gasteiger partial charge in [-0.3, -0.25) is 0 Å². The van der Waals surface area contributed by atoms with Crippen molar-refractivity contribution < 1.29 is 0 Å². The number of fused-ring (bicyclic) bond motifs is 1. The summed E-state index contributed by atoms with van der Waals surface area (Å²) in [6.45, 7) is 5.49. The van der Waals surface area contributed by atoms with Gasteiger partial charge in [-0.1, -0.05) is 20.3 Å². The van der Waals surface area contributed by atoms with Crippen LogP contribution >= 0.6 is 0 Å². The molecular weight excluding hydrogens is 186 g/mol. The highest BCUT2D eigenvalue weighted by molar-refractivity contribution is 5.47. The predicted octanol–water partition coefficient (Wildman–Crippen LogP) is 2.42. The van der Waals surface area contributed by atoms with E-state index >= 15 is 0 Å². The van der Waals surface area contributed by atoms with Crippen LogP contribution in [0.5, 0.6) is 0 Å². The van der Waals surface area contributed by atoms with Gasteiger partial charge < -0.3 is 5.32 Å². The molecule has 1 aromatic heterocycles. The molecule has 1 aliphatic carbocycles. The largest absolute Gasteiger partial charge is 0.369 e. The number of nitrogens with one attached hydrogen (secondary N) is 1. The third-order valence-corrected chi connectivity index (χ3v) is 3.19. The lowest BCUT2D eigenvalue weighted by atomic mass is 10.1. The zero-order valence-corrected chi connectivity index (χ0v) is 9.58. The van der Waals surface area contributed by atoms with Gasteiger partial charge >= 0.3 is 0 Å². The summed E-state index contributed by atoms with van der Waals surface area (Å²) in [4.78, 5) is 8.65. The molecule has 15 heavy (non-hydrogen) atoms. The van der Waals surface area contributed by atoms with Crippen LogP contribution in [0.3, 0.4) is 0 Å². The zero-order valence-electron chi connectivity index (χ0n) is 9.58. The van der Waals surface area contributed by atoms with E-state index in [0.717, 1.165) is 25.2 Å². The number of hydrogen-bond donors (Lipinski definition) is 1. The number of hydrogen-bond acceptors (Lipinski definition) is 3. The Morgan fingerprint density at radius 3 is 3.07 bits per heavy atom. The van der Waals surface area contributed by atoms with E-state index in [2.05, 4.69) is 29.1 Å². The molecule has 82 valence electrons. The highest BCUT2D eigenvalue weighted by atomic mass is 15.0. The van der Waals surface area contributed by atoms with E-state index in [1.165, 1.54) is 24.1 Å². The lowest BCUT2D eigenvalue weighted by Gasteiger charge is -2.12. The van der Waals surface area contributed by atoms with Crippen LogP contribution in [0.4, 0.5) is 5.82 Å². The molecule has 1 heterocycles. The Balaban J connectivity index is 2.06. The summed E-state index contributed by atoms with van der Waals surface area (Å²) in [5.74, 6) is 1.77. The van der Waals surface area contributed by atoms with Gasteiger partial charge in [0.15, 0.2) is 0 Å². The molecule has 0 aliphatic heterocycles. The van der Waals surface area contributed by atoms with E-state index in [1.807, 2.05) is 0 Å². The molecular formula is C12H19N3. The third-order valence-electron chi connectivity index (χ3n) is 3.19. The van der Waals surface area contributed by atoms with Crippen molar-refractivity contribution >= 4 is 5.82 Å². The van der Waals surface area contributed by atoms with Crippen LogP contribution in [0.2, 0.25) is 0 Å². The normalized spacial score (nSPS) is 16.1. The van der Waals surface area contributed by atoms with Crippen LogP contribution in [-0.4, -0.2) is 16.5 Å². The summed E-state index contributed by atoms with van der Waals surface area (Å²) < 4.78 is 0. The van der Waals surface area contributed by atoms with Crippen LogP contribution in [-0.2, 0) is 12.8 Å². The smallest absolute Gasteiger partial charge is 0.132 e. The van der Waals surface area contributed by atoms with Gasteiger partial charge in [0.25, 0.3) is 0 Å². The fourth-order valence-electron chi connectivity index (χ4n) is 1.93. The second-order valence-corrected chi connectivity index (χ2v) is 4.40. The van der Waals surface area contributed by atoms with E-state index in [0.29, 0.717) is 5.92 Å². The minimum absolute atomic E-state index is 0.706. The van der Waals surface area contributed by atoms with Crippen LogP contribution in [0, 0.1) is 5.92 Å². The third kappa shape index (κ3) is 2.28. The maximum Gasteiger partial charge on any atom is 0.132 e. The van der Waals surface area contributed by atoms with Crippen LogP contribution < -0.4 is 5.32 Å². The van der Waals surface area contributed by atoms with Gasteiger partial charge in [0, 0.05) is 17.8 Å². The summed E-state index contributed by atoms with van der Waals surface area (Å²) in [6.07, 6.45) is 6.38. The van der Waals surface area contributed by atoms with Crippen LogP contribution in [0.15, 0.2) is 6.33 Å². The Hall–Kier alpha value is -1.12. The molecule has 0 radical (unpaired) electrons. The Kier molecular flexibility index (Phi) is 3.19. The number of rotatable bonds is 4. The molecule has 0 amide bonds. The Labute approximate surface area is 91.3 Å². The quantitative estimate of drug-likeness (QED) is 0.820. The molecule has 2 rings (SSSR count). The number of aromatic nitrogens is 2. The van der Waals surface area contributed by atoms with E-state index in [1.54, 1.807) is 6.33 Å². The molecule has 1 N–H and O–H groups in total. The summed E-state index contributed by atoms with van der Waals surface area (Å²) >= 11 is 0. The Bertz CT molecular complexity index is 336. The van der Waals surface area contributed by atoms with Crippen molar-refractivity contribution in [2.24, 2.45) is 5.92 Å². The lowest BCUT2D eigenvalue weighted by Crippen LogP contribution is -2.13. The van der Waals surface area contributed by atoms with Crippen molar-refractivity contribution in [2.75, 3.05) is 11.9 Å². The van der Waals surface area contributed by atoms with Gasteiger partial charge in [0.1, 0.15) is 12.1 Å². The van der Waals surface area contributed by atoms with E-state index in [9.17, 15) is 0 Å². The molecule has 0 bridgehead atoms. The molecule has 1 aliphatic rings. The molecule has 0 fully saturated rings. The number of nitrogens with zero attached hydrogens (tertiary/aromatic N) is 2. The summed E-state index contributed by atoms with van der Waals surface area (Å²) in [7, 11) is 0. The molecule has 1 unspecified atom stereocenters. The van der Waals surface area contributed by atoms with E-state index in [4.69, 9.17) is 0 Å². The second kappa shape index (κ2) is 4.60. The zero-order chi connectivity index (χ0) is 10.7. The summed E-state index contributed by atoms with van der Waals surface area (Å²) in [6, 6.07) is 0. The average molecular weight is 205 g/mol. The highest BCUT2D eigenvalue weighted by Gasteiger charge is 2.16. The second-order valence-electron chi connectivity index (χ2n) is 4.40. The van der Waals surface area contributed by atoms with Gasteiger partial charge in [0.05, 0.1) is 0 Å². The standard InChI is InChI=1S/C12H19N3/c1-3-9(2)7-13-12-10-5-4-6-11(10)14-8-15-12/h8-9H,3-7H2,1-2H3,(H,13,14,15). The van der Waals surface area contributed by atoms with Crippen molar-refractivity contribution in [3.05, 3.63) is 17.6 Å². The maximum atomic E-state index is 4.33. The topological polar surface area (TPSA) is 37.8 Å². The van der Waals surface area contributed by atoms with Crippen molar-refractivity contribution in [1.82, 2.24) is 9.97 Å². The molecule has 1 atom stereocenters. The van der Waals surface area contributed by atoms with Crippen LogP contribution in [0.1, 0.15) is 37.9 Å². The highest BCUT2D eigenvalue weighted by Crippen LogP contribution is 2.25. The number of aryl methyl sites for hydroxylation is 1. The monoisotopic (exact) mass is 205 g/mol. The lowest BCUT2D eigenvalue weighted by molar-refractivity contribution is 0.592. The summed E-state index contributed by atoms with van der Waals surface area (Å²) in [5, 5.41) is 3.44.